The Hall–Kier alpha value is -3.35. The fourth-order valence-electron chi connectivity index (χ4n) is 9.72. The third kappa shape index (κ3) is 9.97. The van der Waals surface area contributed by atoms with E-state index in [9.17, 15) is 5.11 Å². The van der Waals surface area contributed by atoms with Crippen molar-refractivity contribution in [3.05, 3.63) is 83.9 Å². The topological polar surface area (TPSA) is 68.1 Å². The molecule has 1 heterocycles. The number of aliphatic hydroxyl groups is 1. The molecule has 55 heavy (non-hydrogen) atoms. The van der Waals surface area contributed by atoms with Gasteiger partial charge in [0.25, 0.3) is 0 Å². The van der Waals surface area contributed by atoms with Gasteiger partial charge in [0.2, 0.25) is 0 Å². The zero-order valence-corrected chi connectivity index (χ0v) is 35.7. The van der Waals surface area contributed by atoms with Crippen LogP contribution in [0.4, 0.5) is 0 Å². The number of hydrogen-bond donors (Lipinski definition) is 1. The molecule has 4 aromatic rings. The van der Waals surface area contributed by atoms with Gasteiger partial charge in [0.05, 0.1) is 11.2 Å². The predicted octanol–water partition coefficient (Wildman–Crippen LogP) is 11.4. The first-order chi connectivity index (χ1) is 25.9. The zero-order valence-electron chi connectivity index (χ0n) is 35.7. The average molecular weight is 742 g/mol. The Bertz CT molecular complexity index is 1770. The van der Waals surface area contributed by atoms with Gasteiger partial charge in [-0.2, -0.15) is 0 Å². The van der Waals surface area contributed by atoms with Gasteiger partial charge in [0, 0.05) is 16.7 Å². The van der Waals surface area contributed by atoms with Crippen molar-refractivity contribution >= 4 is 12.9 Å². The molecule has 0 bridgehead atoms. The third-order valence-electron chi connectivity index (χ3n) is 13.7. The largest absolute Gasteiger partial charge is 0.427 e. The van der Waals surface area contributed by atoms with Crippen LogP contribution in [0.2, 0.25) is 0 Å². The molecule has 0 saturated heterocycles. The molecular formula is C49H68BN3O2. The van der Waals surface area contributed by atoms with E-state index >= 15 is 0 Å². The monoisotopic (exact) mass is 742 g/mol. The number of benzene rings is 3. The Labute approximate surface area is 333 Å². The molecule has 2 fully saturated rings. The van der Waals surface area contributed by atoms with Crippen molar-refractivity contribution in [3.8, 4) is 34.2 Å². The maximum Gasteiger partial charge on any atom is 0.309 e. The summed E-state index contributed by atoms with van der Waals surface area (Å²) in [5, 5.41) is 10.6. The van der Waals surface area contributed by atoms with Crippen LogP contribution in [0.25, 0.3) is 34.2 Å². The van der Waals surface area contributed by atoms with Crippen molar-refractivity contribution in [2.75, 3.05) is 0 Å². The van der Waals surface area contributed by atoms with E-state index in [2.05, 4.69) is 114 Å². The van der Waals surface area contributed by atoms with Gasteiger partial charge >= 0.3 is 7.48 Å². The smallest absolute Gasteiger partial charge is 0.309 e. The van der Waals surface area contributed by atoms with E-state index in [0.717, 1.165) is 34.0 Å². The molecule has 294 valence electrons. The fourth-order valence-corrected chi connectivity index (χ4v) is 9.72. The highest BCUT2D eigenvalue weighted by atomic mass is 16.5. The lowest BCUT2D eigenvalue weighted by Gasteiger charge is -2.37. The third-order valence-corrected chi connectivity index (χ3v) is 13.7. The van der Waals surface area contributed by atoms with Crippen molar-refractivity contribution in [1.82, 2.24) is 15.0 Å². The molecule has 0 amide bonds. The highest BCUT2D eigenvalue weighted by molar-refractivity contribution is 6.47. The Balaban J connectivity index is 1.32. The minimum Gasteiger partial charge on any atom is -0.427 e. The van der Waals surface area contributed by atoms with Crippen LogP contribution in [0, 0.1) is 23.7 Å². The van der Waals surface area contributed by atoms with Crippen LogP contribution in [0.5, 0.6) is 0 Å². The summed E-state index contributed by atoms with van der Waals surface area (Å²) in [6, 6.07) is 26.5. The first-order valence-corrected chi connectivity index (χ1v) is 21.4. The van der Waals surface area contributed by atoms with Crippen LogP contribution in [-0.2, 0) is 15.5 Å². The Morgan fingerprint density at radius 1 is 0.582 bits per heavy atom. The van der Waals surface area contributed by atoms with E-state index in [0.29, 0.717) is 36.8 Å². The summed E-state index contributed by atoms with van der Waals surface area (Å²) in [6.07, 6.45) is 12.7. The van der Waals surface area contributed by atoms with Gasteiger partial charge in [-0.3, -0.25) is 0 Å². The molecule has 1 aromatic heterocycles. The van der Waals surface area contributed by atoms with E-state index in [-0.39, 0.29) is 10.8 Å². The molecule has 6 heteroatoms. The molecule has 0 radical (unpaired) electrons. The number of rotatable bonds is 9. The zero-order chi connectivity index (χ0) is 39.6. The average Bonchev–Trinajstić information content (AvgIpc) is 3.12. The Kier molecular flexibility index (Phi) is 12.5. The summed E-state index contributed by atoms with van der Waals surface area (Å²) >= 11 is 0. The van der Waals surface area contributed by atoms with E-state index in [4.69, 9.17) is 19.6 Å². The van der Waals surface area contributed by atoms with Gasteiger partial charge in [0.1, 0.15) is 0 Å². The molecule has 4 unspecified atom stereocenters. The van der Waals surface area contributed by atoms with Crippen LogP contribution >= 0.6 is 0 Å². The molecule has 2 aliphatic rings. The fraction of sp³-hybridized carbons (Fsp3) is 0.571. The van der Waals surface area contributed by atoms with E-state index in [1.54, 1.807) is 13.8 Å². The summed E-state index contributed by atoms with van der Waals surface area (Å²) in [5.41, 5.74) is 5.49. The minimum absolute atomic E-state index is 0.173. The van der Waals surface area contributed by atoms with Gasteiger partial charge in [0.15, 0.2) is 17.5 Å². The molecule has 2 saturated carbocycles. The van der Waals surface area contributed by atoms with E-state index in [1.807, 2.05) is 13.8 Å². The van der Waals surface area contributed by atoms with E-state index < -0.39 is 11.2 Å². The maximum atomic E-state index is 10.6. The van der Waals surface area contributed by atoms with Crippen molar-refractivity contribution in [2.24, 2.45) is 23.7 Å². The van der Waals surface area contributed by atoms with Crippen LogP contribution in [-0.4, -0.2) is 38.7 Å². The minimum atomic E-state index is -0.963. The molecule has 0 aliphatic heterocycles. The lowest BCUT2D eigenvalue weighted by molar-refractivity contribution is -0.0893. The summed E-state index contributed by atoms with van der Waals surface area (Å²) in [4.78, 5) is 15.4. The van der Waals surface area contributed by atoms with Crippen molar-refractivity contribution in [2.45, 2.75) is 155 Å². The number of nitrogens with zero attached hydrogens (tertiary/aromatic N) is 3. The SMILES string of the molecule is CC1CCCC(C)(c2ccc(-c3nc(-c4ccc(BOC(C)(C)C(C)(C)O)cc4)nc(-c4ccc(C5(C)CCCC(C)C[C@H](C)C5)cc4)n3)cc2)C[C@H](C)C1. The maximum absolute atomic E-state index is 10.6. The van der Waals surface area contributed by atoms with Gasteiger partial charge in [-0.1, -0.05) is 145 Å². The lowest BCUT2D eigenvalue weighted by Crippen LogP contribution is -2.49. The molecule has 6 atom stereocenters. The summed E-state index contributed by atoms with van der Waals surface area (Å²) in [7, 11) is 0.400. The highest BCUT2D eigenvalue weighted by Crippen LogP contribution is 2.43. The second-order valence-corrected chi connectivity index (χ2v) is 19.7. The Morgan fingerprint density at radius 2 is 0.945 bits per heavy atom. The van der Waals surface area contributed by atoms with Crippen molar-refractivity contribution in [3.63, 3.8) is 0 Å². The van der Waals surface area contributed by atoms with E-state index in [1.165, 1.54) is 75.3 Å². The van der Waals surface area contributed by atoms with Gasteiger partial charge in [-0.25, -0.2) is 15.0 Å². The molecule has 0 spiro atoms. The quantitative estimate of drug-likeness (QED) is 0.173. The second kappa shape index (κ2) is 16.6. The number of hydrogen-bond acceptors (Lipinski definition) is 5. The normalized spacial score (nSPS) is 27.0. The molecule has 3 aromatic carbocycles. The molecule has 1 N–H and O–H groups in total. The first kappa shape index (κ1) is 41.3. The lowest BCUT2D eigenvalue weighted by atomic mass is 9.68. The molecule has 2 aliphatic carbocycles. The molecule has 5 nitrogen and oxygen atoms in total. The van der Waals surface area contributed by atoms with Gasteiger partial charge < -0.3 is 9.76 Å². The van der Waals surface area contributed by atoms with Crippen molar-refractivity contribution in [1.29, 1.82) is 0 Å². The van der Waals surface area contributed by atoms with Crippen LogP contribution in [0.1, 0.15) is 145 Å². The van der Waals surface area contributed by atoms with Crippen LogP contribution in [0.15, 0.2) is 72.8 Å². The second-order valence-electron chi connectivity index (χ2n) is 19.7. The first-order valence-electron chi connectivity index (χ1n) is 21.4. The van der Waals surface area contributed by atoms with Crippen LogP contribution in [0.3, 0.4) is 0 Å². The summed E-state index contributed by atoms with van der Waals surface area (Å²) < 4.78 is 6.16. The van der Waals surface area contributed by atoms with Gasteiger partial charge in [-0.15, -0.1) is 0 Å². The highest BCUT2D eigenvalue weighted by Gasteiger charge is 2.36. The van der Waals surface area contributed by atoms with Crippen molar-refractivity contribution < 1.29 is 9.76 Å². The standard InChI is InChI=1S/C49H68BN3O2/c1-33-13-11-27-48(9,31-35(3)29-33)40-21-15-37(16-22-40)43-51-44(38-17-23-41(24-18-38)49(10)28-12-14-34(2)30-36(4)32-49)53-45(52-43)39-19-25-42(26-20-39)50-55-47(7,8)46(5,6)54/h15-26,33-36,50,54H,11-14,27-32H2,1-10H3/t33?,34?,35-,36+,48?,49?. The van der Waals surface area contributed by atoms with Gasteiger partial charge in [-0.05, 0) is 112 Å². The summed E-state index contributed by atoms with van der Waals surface area (Å²) in [5.74, 6) is 5.10. The summed E-state index contributed by atoms with van der Waals surface area (Å²) in [6.45, 7) is 22.1. The predicted molar refractivity (Wildman–Crippen MR) is 232 cm³/mol. The molecule has 6 rings (SSSR count). The number of aromatic nitrogens is 3. The van der Waals surface area contributed by atoms with Crippen LogP contribution < -0.4 is 5.46 Å². The Morgan fingerprint density at radius 3 is 1.31 bits per heavy atom. The molecular weight excluding hydrogens is 673 g/mol.